The number of nitrogens with zero attached hydrogens (tertiary/aromatic N) is 1. The lowest BCUT2D eigenvalue weighted by Crippen LogP contribution is -2.12. The number of ether oxygens (including phenoxy) is 2. The SMILES string of the molecule is CC.CC(C)c1ncc(-c2ccc(C(C)(C)C)c3c2OCO3)[nH]1.[HH]. The van der Waals surface area contributed by atoms with Gasteiger partial charge in [-0.25, -0.2) is 4.98 Å². The summed E-state index contributed by atoms with van der Waals surface area (Å²) in [7, 11) is 0. The number of imidazole rings is 1. The first-order valence-corrected chi connectivity index (χ1v) is 8.36. The third-order valence-corrected chi connectivity index (χ3v) is 3.76. The van der Waals surface area contributed by atoms with E-state index in [1.807, 2.05) is 20.0 Å². The van der Waals surface area contributed by atoms with Gasteiger partial charge in [-0.05, 0) is 11.5 Å². The van der Waals surface area contributed by atoms with Gasteiger partial charge in [-0.1, -0.05) is 54.5 Å². The molecule has 1 aliphatic heterocycles. The zero-order chi connectivity index (χ0) is 17.2. The van der Waals surface area contributed by atoms with Crippen LogP contribution in [0.1, 0.15) is 67.2 Å². The molecule has 128 valence electrons. The molecular weight excluding hydrogens is 288 g/mol. The second kappa shape index (κ2) is 6.65. The van der Waals surface area contributed by atoms with Gasteiger partial charge in [0, 0.05) is 18.5 Å². The number of nitrogens with one attached hydrogen (secondary N) is 1. The first-order valence-electron chi connectivity index (χ1n) is 8.36. The van der Waals surface area contributed by atoms with Crippen LogP contribution in [0.5, 0.6) is 11.5 Å². The maximum atomic E-state index is 5.72. The fourth-order valence-corrected chi connectivity index (χ4v) is 2.57. The van der Waals surface area contributed by atoms with Gasteiger partial charge in [0.25, 0.3) is 0 Å². The number of aromatic nitrogens is 2. The summed E-state index contributed by atoms with van der Waals surface area (Å²) in [5, 5.41) is 0. The van der Waals surface area contributed by atoms with Gasteiger partial charge >= 0.3 is 0 Å². The number of hydrogen-bond donors (Lipinski definition) is 1. The lowest BCUT2D eigenvalue weighted by Gasteiger charge is -2.21. The van der Waals surface area contributed by atoms with Crippen LogP contribution >= 0.6 is 0 Å². The molecule has 4 nitrogen and oxygen atoms in total. The van der Waals surface area contributed by atoms with Crippen molar-refractivity contribution in [3.63, 3.8) is 0 Å². The van der Waals surface area contributed by atoms with Crippen LogP contribution in [0.25, 0.3) is 11.3 Å². The number of benzene rings is 1. The molecule has 23 heavy (non-hydrogen) atoms. The highest BCUT2D eigenvalue weighted by Crippen LogP contribution is 2.46. The fourth-order valence-electron chi connectivity index (χ4n) is 2.57. The second-order valence-corrected chi connectivity index (χ2v) is 6.81. The number of hydrogen-bond acceptors (Lipinski definition) is 3. The van der Waals surface area contributed by atoms with Crippen LogP contribution in [0.3, 0.4) is 0 Å². The fraction of sp³-hybridized carbons (Fsp3) is 0.526. The standard InChI is InChI=1S/C17H22N2O2.C2H6.H2/c1-10(2)16-18-8-13(19-16)11-6-7-12(17(3,4)5)15-14(11)20-9-21-15;1-2;/h6-8,10H,9H2,1-5H3,(H,18,19);1-2H3;1H. The van der Waals surface area contributed by atoms with E-state index in [2.05, 4.69) is 56.7 Å². The van der Waals surface area contributed by atoms with E-state index in [4.69, 9.17) is 9.47 Å². The molecule has 2 aromatic rings. The topological polar surface area (TPSA) is 47.1 Å². The Labute approximate surface area is 140 Å². The molecule has 1 aromatic heterocycles. The maximum absolute atomic E-state index is 5.72. The van der Waals surface area contributed by atoms with E-state index in [0.717, 1.165) is 28.6 Å². The molecule has 4 heteroatoms. The van der Waals surface area contributed by atoms with E-state index in [0.29, 0.717) is 5.92 Å². The second-order valence-electron chi connectivity index (χ2n) is 6.81. The summed E-state index contributed by atoms with van der Waals surface area (Å²) in [4.78, 5) is 7.81. The van der Waals surface area contributed by atoms with Gasteiger partial charge in [-0.3, -0.25) is 0 Å². The smallest absolute Gasteiger partial charge is 0.231 e. The van der Waals surface area contributed by atoms with Gasteiger partial charge in [-0.2, -0.15) is 0 Å². The Kier molecular flexibility index (Phi) is 5.03. The van der Waals surface area contributed by atoms with Crippen molar-refractivity contribution in [2.45, 2.75) is 59.8 Å². The molecule has 1 N–H and O–H groups in total. The van der Waals surface area contributed by atoms with Gasteiger partial charge in [0.15, 0.2) is 11.5 Å². The molecule has 0 aliphatic carbocycles. The van der Waals surface area contributed by atoms with Crippen LogP contribution in [0.4, 0.5) is 0 Å². The zero-order valence-corrected chi connectivity index (χ0v) is 15.3. The summed E-state index contributed by atoms with van der Waals surface area (Å²) in [5.74, 6) is 3.04. The molecule has 0 bridgehead atoms. The van der Waals surface area contributed by atoms with Crippen molar-refractivity contribution in [2.75, 3.05) is 6.79 Å². The molecule has 1 aliphatic rings. The van der Waals surface area contributed by atoms with Gasteiger partial charge in [-0.15, -0.1) is 0 Å². The molecule has 0 spiro atoms. The first-order chi connectivity index (χ1) is 10.9. The van der Waals surface area contributed by atoms with E-state index in [9.17, 15) is 0 Å². The van der Waals surface area contributed by atoms with Gasteiger partial charge < -0.3 is 14.5 Å². The van der Waals surface area contributed by atoms with Crippen molar-refractivity contribution in [1.29, 1.82) is 0 Å². The Balaban J connectivity index is 0.000000925. The Hall–Kier alpha value is -1.97. The Bertz CT molecular complexity index is 672. The Morgan fingerprint density at radius 2 is 1.78 bits per heavy atom. The minimum absolute atomic E-state index is 0. The predicted octanol–water partition coefficient (Wildman–Crippen LogP) is 5.50. The van der Waals surface area contributed by atoms with Crippen molar-refractivity contribution in [3.05, 3.63) is 29.7 Å². The molecule has 0 saturated heterocycles. The molecule has 1 aromatic carbocycles. The normalized spacial score (nSPS) is 13.0. The molecule has 2 heterocycles. The Morgan fingerprint density at radius 3 is 2.35 bits per heavy atom. The highest BCUT2D eigenvalue weighted by Gasteiger charge is 2.28. The molecular formula is C19H30N2O2. The number of fused-ring (bicyclic) bond motifs is 1. The first kappa shape index (κ1) is 17.4. The number of aromatic amines is 1. The number of rotatable bonds is 2. The molecule has 0 saturated carbocycles. The van der Waals surface area contributed by atoms with E-state index in [-0.39, 0.29) is 13.6 Å². The third-order valence-electron chi connectivity index (χ3n) is 3.76. The molecule has 0 atom stereocenters. The van der Waals surface area contributed by atoms with E-state index >= 15 is 0 Å². The summed E-state index contributed by atoms with van der Waals surface area (Å²) in [6.45, 7) is 15.1. The monoisotopic (exact) mass is 318 g/mol. The van der Waals surface area contributed by atoms with Crippen LogP contribution in [-0.4, -0.2) is 16.8 Å². The van der Waals surface area contributed by atoms with Crippen LogP contribution < -0.4 is 9.47 Å². The van der Waals surface area contributed by atoms with Crippen LogP contribution in [0.2, 0.25) is 0 Å². The summed E-state index contributed by atoms with van der Waals surface area (Å²) >= 11 is 0. The van der Waals surface area contributed by atoms with Gasteiger partial charge in [0.1, 0.15) is 5.82 Å². The lowest BCUT2D eigenvalue weighted by molar-refractivity contribution is 0.172. The highest BCUT2D eigenvalue weighted by atomic mass is 16.7. The largest absolute Gasteiger partial charge is 0.453 e. The van der Waals surface area contributed by atoms with Gasteiger partial charge in [0.2, 0.25) is 6.79 Å². The predicted molar refractivity (Wildman–Crippen MR) is 96.4 cm³/mol. The molecule has 0 radical (unpaired) electrons. The van der Waals surface area contributed by atoms with Crippen molar-refractivity contribution in [1.82, 2.24) is 9.97 Å². The van der Waals surface area contributed by atoms with Crippen molar-refractivity contribution in [3.8, 4) is 22.8 Å². The quantitative estimate of drug-likeness (QED) is 0.795. The van der Waals surface area contributed by atoms with Crippen LogP contribution in [-0.2, 0) is 5.41 Å². The summed E-state index contributed by atoms with van der Waals surface area (Å²) in [6, 6.07) is 4.21. The summed E-state index contributed by atoms with van der Waals surface area (Å²) < 4.78 is 11.4. The number of H-pyrrole nitrogens is 1. The van der Waals surface area contributed by atoms with E-state index in [1.165, 1.54) is 5.56 Å². The molecule has 0 amide bonds. The molecule has 0 fully saturated rings. The average molecular weight is 318 g/mol. The van der Waals surface area contributed by atoms with Crippen LogP contribution in [0.15, 0.2) is 18.3 Å². The minimum atomic E-state index is 0. The maximum Gasteiger partial charge on any atom is 0.231 e. The van der Waals surface area contributed by atoms with Gasteiger partial charge in [0.05, 0.1) is 11.9 Å². The molecule has 0 unspecified atom stereocenters. The highest BCUT2D eigenvalue weighted by molar-refractivity contribution is 5.73. The zero-order valence-electron chi connectivity index (χ0n) is 15.3. The minimum Gasteiger partial charge on any atom is -0.453 e. The summed E-state index contributed by atoms with van der Waals surface area (Å²) in [5.41, 5.74) is 3.17. The Morgan fingerprint density at radius 1 is 1.13 bits per heavy atom. The molecule has 3 rings (SSSR count). The third kappa shape index (κ3) is 3.36. The lowest BCUT2D eigenvalue weighted by atomic mass is 9.85. The van der Waals surface area contributed by atoms with E-state index in [1.54, 1.807) is 0 Å². The average Bonchev–Trinajstić information content (AvgIpc) is 3.16. The van der Waals surface area contributed by atoms with Crippen molar-refractivity contribution < 1.29 is 10.9 Å². The van der Waals surface area contributed by atoms with Crippen LogP contribution in [0, 0.1) is 0 Å². The van der Waals surface area contributed by atoms with Crippen molar-refractivity contribution in [2.24, 2.45) is 0 Å². The van der Waals surface area contributed by atoms with Crippen molar-refractivity contribution >= 4 is 0 Å². The summed E-state index contributed by atoms with van der Waals surface area (Å²) in [6.07, 6.45) is 1.86. The van der Waals surface area contributed by atoms with E-state index < -0.39 is 0 Å².